The number of nitrogens with zero attached hydrogens (tertiary/aromatic N) is 5. The number of imidazole rings is 1. The van der Waals surface area contributed by atoms with Gasteiger partial charge in [-0.15, -0.1) is 0 Å². The van der Waals surface area contributed by atoms with Crippen molar-refractivity contribution in [2.45, 2.75) is 85.1 Å². The molecule has 0 saturated heterocycles. The molecule has 11 heteroatoms. The Labute approximate surface area is 256 Å². The van der Waals surface area contributed by atoms with Gasteiger partial charge < -0.3 is 19.2 Å². The number of ether oxygens (including phenoxy) is 2. The number of aryl methyl sites for hydroxylation is 2. The molecule has 0 saturated carbocycles. The standard InChI is InChI=1S/C32H46FN5O3Si2/c1-9-24-16-23(2)29(33)18-28(24)25-10-11-27-30(17-25)38(22-41-13-15-43(6,7)8)36-31(27)32-35-26(19-34-39)20-37(32)21-40-12-14-42(3,4)5/h10-11,16-20,39H,9,12-15,21-22H2,1-8H3/b34-19+. The number of hydrogen-bond donors (Lipinski definition) is 1. The van der Waals surface area contributed by atoms with Gasteiger partial charge in [0.25, 0.3) is 0 Å². The van der Waals surface area contributed by atoms with Crippen LogP contribution in [0, 0.1) is 12.7 Å². The van der Waals surface area contributed by atoms with Crippen molar-refractivity contribution < 1.29 is 19.1 Å². The highest BCUT2D eigenvalue weighted by Crippen LogP contribution is 2.34. The summed E-state index contributed by atoms with van der Waals surface area (Å²) < 4.78 is 30.7. The third kappa shape index (κ3) is 8.50. The molecule has 0 aliphatic carbocycles. The molecule has 1 N–H and O–H groups in total. The molecule has 0 spiro atoms. The second kappa shape index (κ2) is 13.7. The first-order chi connectivity index (χ1) is 20.3. The van der Waals surface area contributed by atoms with Crippen molar-refractivity contribution in [2.75, 3.05) is 13.2 Å². The maximum absolute atomic E-state index is 14.7. The van der Waals surface area contributed by atoms with Crippen molar-refractivity contribution in [3.8, 4) is 22.6 Å². The minimum Gasteiger partial charge on any atom is -0.411 e. The van der Waals surface area contributed by atoms with Gasteiger partial charge in [-0.1, -0.05) is 63.5 Å². The Balaban J connectivity index is 1.78. The van der Waals surface area contributed by atoms with Gasteiger partial charge in [-0.25, -0.2) is 14.1 Å². The molecule has 0 atom stereocenters. The molecule has 0 aliphatic rings. The van der Waals surface area contributed by atoms with E-state index in [0.717, 1.165) is 46.1 Å². The minimum absolute atomic E-state index is 0.217. The lowest BCUT2D eigenvalue weighted by atomic mass is 9.95. The van der Waals surface area contributed by atoms with Crippen LogP contribution in [0.25, 0.3) is 33.5 Å². The summed E-state index contributed by atoms with van der Waals surface area (Å²) in [6, 6.07) is 11.8. The van der Waals surface area contributed by atoms with Crippen molar-refractivity contribution in [1.82, 2.24) is 19.3 Å². The summed E-state index contributed by atoms with van der Waals surface area (Å²) in [6.07, 6.45) is 3.90. The molecule has 0 radical (unpaired) electrons. The first-order valence-corrected chi connectivity index (χ1v) is 22.4. The Kier molecular flexibility index (Phi) is 10.4. The molecule has 43 heavy (non-hydrogen) atoms. The minimum atomic E-state index is -1.26. The van der Waals surface area contributed by atoms with E-state index in [1.54, 1.807) is 19.2 Å². The van der Waals surface area contributed by atoms with Gasteiger partial charge in [0.15, 0.2) is 5.82 Å². The average molecular weight is 624 g/mol. The molecular weight excluding hydrogens is 578 g/mol. The highest BCUT2D eigenvalue weighted by molar-refractivity contribution is 6.76. The van der Waals surface area contributed by atoms with E-state index in [4.69, 9.17) is 19.6 Å². The topological polar surface area (TPSA) is 86.7 Å². The summed E-state index contributed by atoms with van der Waals surface area (Å²) in [5.41, 5.74) is 5.58. The molecule has 4 aromatic rings. The third-order valence-electron chi connectivity index (χ3n) is 7.46. The molecule has 0 fully saturated rings. The normalized spacial score (nSPS) is 12.7. The van der Waals surface area contributed by atoms with Crippen LogP contribution in [0.5, 0.6) is 0 Å². The van der Waals surface area contributed by atoms with Crippen LogP contribution >= 0.6 is 0 Å². The average Bonchev–Trinajstić information content (AvgIpc) is 3.50. The molecule has 8 nitrogen and oxygen atoms in total. The fourth-order valence-electron chi connectivity index (χ4n) is 4.82. The highest BCUT2D eigenvalue weighted by atomic mass is 28.3. The molecule has 2 heterocycles. The lowest BCUT2D eigenvalue weighted by Crippen LogP contribution is -2.22. The van der Waals surface area contributed by atoms with Gasteiger partial charge in [0.1, 0.15) is 30.7 Å². The summed E-state index contributed by atoms with van der Waals surface area (Å²) in [5.74, 6) is 0.391. The van der Waals surface area contributed by atoms with Crippen LogP contribution in [0.4, 0.5) is 4.39 Å². The van der Waals surface area contributed by atoms with E-state index in [1.807, 2.05) is 27.4 Å². The number of halogens is 1. The van der Waals surface area contributed by atoms with E-state index in [2.05, 4.69) is 57.4 Å². The number of rotatable bonds is 14. The van der Waals surface area contributed by atoms with Gasteiger partial charge >= 0.3 is 0 Å². The van der Waals surface area contributed by atoms with Gasteiger partial charge in [-0.05, 0) is 65.9 Å². The number of aromatic nitrogens is 4. The molecule has 0 bridgehead atoms. The Hall–Kier alpha value is -3.13. The second-order valence-corrected chi connectivity index (χ2v) is 24.8. The van der Waals surface area contributed by atoms with Gasteiger partial charge in [0.05, 0.1) is 11.7 Å². The Morgan fingerprint density at radius 2 is 1.65 bits per heavy atom. The van der Waals surface area contributed by atoms with Gasteiger partial charge in [0.2, 0.25) is 0 Å². The van der Waals surface area contributed by atoms with Crippen LogP contribution < -0.4 is 0 Å². The molecule has 232 valence electrons. The van der Waals surface area contributed by atoms with E-state index in [9.17, 15) is 9.60 Å². The summed E-state index contributed by atoms with van der Waals surface area (Å²) in [7, 11) is -2.50. The predicted molar refractivity (Wildman–Crippen MR) is 178 cm³/mol. The van der Waals surface area contributed by atoms with Crippen LogP contribution in [0.1, 0.15) is 23.7 Å². The molecule has 0 amide bonds. The lowest BCUT2D eigenvalue weighted by Gasteiger charge is -2.16. The number of fused-ring (bicyclic) bond motifs is 1. The highest BCUT2D eigenvalue weighted by Gasteiger charge is 2.21. The Bertz CT molecular complexity index is 1580. The van der Waals surface area contributed by atoms with Crippen LogP contribution in [-0.2, 0) is 29.4 Å². The fourth-order valence-corrected chi connectivity index (χ4v) is 6.34. The van der Waals surface area contributed by atoms with E-state index in [0.29, 0.717) is 42.7 Å². The zero-order chi connectivity index (χ0) is 31.4. The maximum Gasteiger partial charge on any atom is 0.163 e. The molecule has 2 aromatic carbocycles. The maximum atomic E-state index is 14.7. The van der Waals surface area contributed by atoms with Crippen LogP contribution in [-0.4, -0.2) is 60.1 Å². The largest absolute Gasteiger partial charge is 0.411 e. The van der Waals surface area contributed by atoms with Crippen molar-refractivity contribution in [2.24, 2.45) is 5.16 Å². The van der Waals surface area contributed by atoms with Gasteiger partial charge in [-0.2, -0.15) is 5.10 Å². The van der Waals surface area contributed by atoms with E-state index in [1.165, 1.54) is 6.21 Å². The number of hydrogen-bond acceptors (Lipinski definition) is 6. The Morgan fingerprint density at radius 1 is 0.977 bits per heavy atom. The SMILES string of the molecule is CCc1cc(C)c(F)cc1-c1ccc2c(-c3nc(/C=N/O)cn3COCC[Si](C)(C)C)nn(COCC[Si](C)(C)C)c2c1. The first-order valence-electron chi connectivity index (χ1n) is 15.0. The fraction of sp³-hybridized carbons (Fsp3) is 0.469. The molecule has 0 aliphatic heterocycles. The summed E-state index contributed by atoms with van der Waals surface area (Å²) >= 11 is 0. The quantitative estimate of drug-likeness (QED) is 0.0506. The lowest BCUT2D eigenvalue weighted by molar-refractivity contribution is 0.0816. The van der Waals surface area contributed by atoms with Crippen LogP contribution in [0.3, 0.4) is 0 Å². The van der Waals surface area contributed by atoms with Gasteiger partial charge in [-0.3, -0.25) is 0 Å². The second-order valence-electron chi connectivity index (χ2n) is 13.6. The monoisotopic (exact) mass is 623 g/mol. The third-order valence-corrected chi connectivity index (χ3v) is 10.9. The zero-order valence-electron chi connectivity index (χ0n) is 26.9. The Morgan fingerprint density at radius 3 is 2.28 bits per heavy atom. The van der Waals surface area contributed by atoms with E-state index < -0.39 is 16.1 Å². The predicted octanol–water partition coefficient (Wildman–Crippen LogP) is 8.01. The summed E-state index contributed by atoms with van der Waals surface area (Å²) in [5, 5.41) is 18.3. The molecule has 0 unspecified atom stereocenters. The van der Waals surface area contributed by atoms with Crippen molar-refractivity contribution in [3.05, 3.63) is 59.2 Å². The number of oxime groups is 1. The first kappa shape index (κ1) is 32.8. The molecule has 4 rings (SSSR count). The van der Waals surface area contributed by atoms with Gasteiger partial charge in [0, 0.05) is 40.9 Å². The van der Waals surface area contributed by atoms with Crippen molar-refractivity contribution >= 4 is 33.3 Å². The summed E-state index contributed by atoms with van der Waals surface area (Å²) in [4.78, 5) is 4.74. The van der Waals surface area contributed by atoms with E-state index >= 15 is 0 Å². The van der Waals surface area contributed by atoms with Crippen LogP contribution in [0.15, 0.2) is 41.7 Å². The molecular formula is C32H46FN5O3Si2. The zero-order valence-corrected chi connectivity index (χ0v) is 28.9. The van der Waals surface area contributed by atoms with Crippen LogP contribution in [0.2, 0.25) is 51.4 Å². The van der Waals surface area contributed by atoms with E-state index in [-0.39, 0.29) is 12.5 Å². The number of benzene rings is 2. The molecule has 2 aromatic heterocycles. The van der Waals surface area contributed by atoms with Crippen molar-refractivity contribution in [3.63, 3.8) is 0 Å². The van der Waals surface area contributed by atoms with Crippen molar-refractivity contribution in [1.29, 1.82) is 0 Å². The smallest absolute Gasteiger partial charge is 0.163 e. The summed E-state index contributed by atoms with van der Waals surface area (Å²) in [6.45, 7) is 19.7.